The van der Waals surface area contributed by atoms with Gasteiger partial charge in [-0.25, -0.2) is 0 Å². The summed E-state index contributed by atoms with van der Waals surface area (Å²) in [5.74, 6) is 2.84. The Labute approximate surface area is 144 Å². The zero-order valence-corrected chi connectivity index (χ0v) is 14.7. The highest BCUT2D eigenvalue weighted by molar-refractivity contribution is 9.10. The number of rotatable bonds is 3. The summed E-state index contributed by atoms with van der Waals surface area (Å²) in [6.45, 7) is 6.06. The molecule has 2 aliphatic heterocycles. The molecule has 0 spiro atoms. The van der Waals surface area contributed by atoms with Gasteiger partial charge in [-0.3, -0.25) is 9.88 Å². The summed E-state index contributed by atoms with van der Waals surface area (Å²) in [5.41, 5.74) is 1.27. The number of nitrogens with one attached hydrogen (secondary N) is 1. The van der Waals surface area contributed by atoms with E-state index in [1.165, 1.54) is 11.4 Å². The Kier molecular flexibility index (Phi) is 4.41. The Balaban J connectivity index is 1.38. The average molecular weight is 377 g/mol. The molecular weight excluding hydrogens is 356 g/mol. The molecule has 122 valence electrons. The van der Waals surface area contributed by atoms with E-state index in [1.807, 2.05) is 12.4 Å². The average Bonchev–Trinajstić information content (AvgIpc) is 3.00. The lowest BCUT2D eigenvalue weighted by atomic mass is 9.95. The fourth-order valence-corrected chi connectivity index (χ4v) is 3.98. The molecule has 0 atom stereocenters. The van der Waals surface area contributed by atoms with E-state index in [1.54, 1.807) is 0 Å². The Morgan fingerprint density at radius 3 is 2.87 bits per heavy atom. The lowest BCUT2D eigenvalue weighted by Gasteiger charge is -2.32. The van der Waals surface area contributed by atoms with Crippen molar-refractivity contribution in [3.05, 3.63) is 40.1 Å². The quantitative estimate of drug-likeness (QED) is 0.886. The van der Waals surface area contributed by atoms with Crippen LogP contribution in [0.25, 0.3) is 0 Å². The van der Waals surface area contributed by atoms with Gasteiger partial charge in [0, 0.05) is 42.4 Å². The molecule has 6 nitrogen and oxygen atoms in total. The van der Waals surface area contributed by atoms with Crippen LogP contribution in [0.3, 0.4) is 0 Å². The van der Waals surface area contributed by atoms with Gasteiger partial charge < -0.3 is 9.88 Å². The van der Waals surface area contributed by atoms with Crippen molar-refractivity contribution in [3.8, 4) is 0 Å². The number of hydrogen-bond acceptors (Lipinski definition) is 5. The molecular formula is C16H21BrN6. The third kappa shape index (κ3) is 3.32. The molecule has 23 heavy (non-hydrogen) atoms. The molecule has 0 saturated carbocycles. The molecule has 0 unspecified atom stereocenters. The zero-order valence-electron chi connectivity index (χ0n) is 13.1. The molecule has 1 saturated heterocycles. The van der Waals surface area contributed by atoms with Gasteiger partial charge in [0.15, 0.2) is 0 Å². The normalized spacial score (nSPS) is 19.7. The number of halogens is 1. The van der Waals surface area contributed by atoms with Crippen molar-refractivity contribution in [2.24, 2.45) is 0 Å². The van der Waals surface area contributed by atoms with E-state index in [0.29, 0.717) is 5.92 Å². The summed E-state index contributed by atoms with van der Waals surface area (Å²) in [6.07, 6.45) is 6.11. The summed E-state index contributed by atoms with van der Waals surface area (Å²) in [5, 5.41) is 12.2. The van der Waals surface area contributed by atoms with Gasteiger partial charge >= 0.3 is 0 Å². The molecule has 1 N–H and O–H groups in total. The van der Waals surface area contributed by atoms with Gasteiger partial charge in [-0.15, -0.1) is 10.2 Å². The molecule has 2 aromatic rings. The van der Waals surface area contributed by atoms with E-state index in [0.717, 1.165) is 62.4 Å². The lowest BCUT2D eigenvalue weighted by molar-refractivity contribution is 0.199. The van der Waals surface area contributed by atoms with Crippen LogP contribution < -0.4 is 5.32 Å². The molecule has 2 aromatic heterocycles. The Bertz CT molecular complexity index is 677. The predicted octanol–water partition coefficient (Wildman–Crippen LogP) is 1.92. The molecule has 1 fully saturated rings. The second kappa shape index (κ2) is 6.67. The SMILES string of the molecule is Brc1cncc(CN2CCC(c3nnc4n3CCNC4)CC2)c1. The van der Waals surface area contributed by atoms with Gasteiger partial charge in [-0.05, 0) is 53.5 Å². The fraction of sp³-hybridized carbons (Fsp3) is 0.562. The largest absolute Gasteiger partial charge is 0.312 e. The van der Waals surface area contributed by atoms with Crippen molar-refractivity contribution < 1.29 is 0 Å². The standard InChI is InChI=1S/C16H21BrN6/c17-14-7-12(8-19-9-14)11-22-4-1-13(2-5-22)16-21-20-15-10-18-3-6-23(15)16/h7-9,13,18H,1-6,10-11H2. The van der Waals surface area contributed by atoms with E-state index >= 15 is 0 Å². The van der Waals surface area contributed by atoms with Gasteiger partial charge in [0.1, 0.15) is 11.6 Å². The topological polar surface area (TPSA) is 58.9 Å². The maximum absolute atomic E-state index is 4.48. The summed E-state index contributed by atoms with van der Waals surface area (Å²) >= 11 is 3.49. The number of fused-ring (bicyclic) bond motifs is 1. The molecule has 0 aliphatic carbocycles. The van der Waals surface area contributed by atoms with Crippen LogP contribution in [0.15, 0.2) is 22.9 Å². The van der Waals surface area contributed by atoms with Crippen molar-refractivity contribution in [3.63, 3.8) is 0 Å². The number of hydrogen-bond donors (Lipinski definition) is 1. The van der Waals surface area contributed by atoms with Crippen LogP contribution in [0.4, 0.5) is 0 Å². The van der Waals surface area contributed by atoms with Crippen LogP contribution >= 0.6 is 15.9 Å². The molecule has 4 heterocycles. The van der Waals surface area contributed by atoms with Gasteiger partial charge in [0.25, 0.3) is 0 Å². The van der Waals surface area contributed by atoms with Crippen LogP contribution in [-0.2, 0) is 19.6 Å². The molecule has 0 amide bonds. The number of nitrogens with zero attached hydrogens (tertiary/aromatic N) is 5. The molecule has 0 aromatic carbocycles. The van der Waals surface area contributed by atoms with Gasteiger partial charge in [-0.2, -0.15) is 0 Å². The molecule has 0 bridgehead atoms. The van der Waals surface area contributed by atoms with Crippen molar-refractivity contribution in [2.75, 3.05) is 19.6 Å². The van der Waals surface area contributed by atoms with Crippen molar-refractivity contribution in [1.29, 1.82) is 0 Å². The Hall–Kier alpha value is -1.31. The first-order chi connectivity index (χ1) is 11.3. The highest BCUT2D eigenvalue weighted by atomic mass is 79.9. The fourth-order valence-electron chi connectivity index (χ4n) is 3.57. The molecule has 4 rings (SSSR count). The van der Waals surface area contributed by atoms with Gasteiger partial charge in [0.2, 0.25) is 0 Å². The third-order valence-electron chi connectivity index (χ3n) is 4.77. The minimum absolute atomic E-state index is 0.547. The van der Waals surface area contributed by atoms with Gasteiger partial charge in [0.05, 0.1) is 6.54 Å². The molecule has 0 radical (unpaired) electrons. The van der Waals surface area contributed by atoms with E-state index in [9.17, 15) is 0 Å². The first kappa shape index (κ1) is 15.2. The van der Waals surface area contributed by atoms with Crippen molar-refractivity contribution in [2.45, 2.75) is 38.4 Å². The number of pyridine rings is 1. The smallest absolute Gasteiger partial charge is 0.147 e. The summed E-state index contributed by atoms with van der Waals surface area (Å²) < 4.78 is 3.38. The molecule has 2 aliphatic rings. The highest BCUT2D eigenvalue weighted by Crippen LogP contribution is 2.28. The second-order valence-corrected chi connectivity index (χ2v) is 7.28. The minimum atomic E-state index is 0.547. The van der Waals surface area contributed by atoms with E-state index in [2.05, 4.69) is 52.0 Å². The predicted molar refractivity (Wildman–Crippen MR) is 90.9 cm³/mol. The first-order valence-electron chi connectivity index (χ1n) is 8.24. The van der Waals surface area contributed by atoms with Crippen LogP contribution in [0, 0.1) is 0 Å². The summed E-state index contributed by atoms with van der Waals surface area (Å²) in [4.78, 5) is 6.76. The van der Waals surface area contributed by atoms with E-state index in [4.69, 9.17) is 0 Å². The van der Waals surface area contributed by atoms with Crippen LogP contribution in [0.1, 0.15) is 36.0 Å². The Morgan fingerprint density at radius 1 is 1.17 bits per heavy atom. The monoisotopic (exact) mass is 376 g/mol. The third-order valence-corrected chi connectivity index (χ3v) is 5.21. The van der Waals surface area contributed by atoms with E-state index < -0.39 is 0 Å². The maximum atomic E-state index is 4.48. The van der Waals surface area contributed by atoms with Crippen molar-refractivity contribution in [1.82, 2.24) is 30.0 Å². The van der Waals surface area contributed by atoms with Crippen LogP contribution in [0.5, 0.6) is 0 Å². The first-order valence-corrected chi connectivity index (χ1v) is 9.03. The summed E-state index contributed by atoms with van der Waals surface area (Å²) in [6, 6.07) is 2.15. The zero-order chi connectivity index (χ0) is 15.6. The van der Waals surface area contributed by atoms with Crippen LogP contribution in [0.2, 0.25) is 0 Å². The molecule has 7 heteroatoms. The van der Waals surface area contributed by atoms with E-state index in [-0.39, 0.29) is 0 Å². The lowest BCUT2D eigenvalue weighted by Crippen LogP contribution is -2.34. The number of aromatic nitrogens is 4. The van der Waals surface area contributed by atoms with Crippen molar-refractivity contribution >= 4 is 15.9 Å². The highest BCUT2D eigenvalue weighted by Gasteiger charge is 2.26. The maximum Gasteiger partial charge on any atom is 0.147 e. The number of likely N-dealkylation sites (tertiary alicyclic amines) is 1. The minimum Gasteiger partial charge on any atom is -0.312 e. The number of piperidine rings is 1. The van der Waals surface area contributed by atoms with Crippen LogP contribution in [-0.4, -0.2) is 44.3 Å². The Morgan fingerprint density at radius 2 is 2.04 bits per heavy atom. The summed E-state index contributed by atoms with van der Waals surface area (Å²) in [7, 11) is 0. The van der Waals surface area contributed by atoms with Gasteiger partial charge in [-0.1, -0.05) is 0 Å². The second-order valence-electron chi connectivity index (χ2n) is 6.36.